The summed E-state index contributed by atoms with van der Waals surface area (Å²) in [5.74, 6) is 1.52. The van der Waals surface area contributed by atoms with Crippen molar-refractivity contribution in [1.29, 1.82) is 0 Å². The molecule has 4 rings (SSSR count). The summed E-state index contributed by atoms with van der Waals surface area (Å²) in [7, 11) is 0. The van der Waals surface area contributed by atoms with E-state index in [1.807, 2.05) is 54.9 Å². The first-order valence-electron chi connectivity index (χ1n) is 7.63. The molecule has 2 N–H and O–H groups in total. The van der Waals surface area contributed by atoms with E-state index in [-0.39, 0.29) is 0 Å². The second-order valence-electron chi connectivity index (χ2n) is 5.47. The summed E-state index contributed by atoms with van der Waals surface area (Å²) in [4.78, 5) is 15.7. The van der Waals surface area contributed by atoms with Crippen molar-refractivity contribution in [1.82, 2.24) is 19.9 Å². The topological polar surface area (TPSA) is 57.4 Å². The van der Waals surface area contributed by atoms with Crippen LogP contribution in [0.2, 0.25) is 5.02 Å². The SMILES string of the molecule is Clc1ccccc1C(c1ccccc1)(c1ncc[nH]1)c1ncc[nH]1. The fraction of sp³-hybridized carbons (Fsp3) is 0.0526. The molecule has 0 spiro atoms. The monoisotopic (exact) mass is 334 g/mol. The van der Waals surface area contributed by atoms with Gasteiger partial charge in [-0.25, -0.2) is 9.97 Å². The second-order valence-corrected chi connectivity index (χ2v) is 5.88. The Labute approximate surface area is 144 Å². The maximum absolute atomic E-state index is 6.61. The van der Waals surface area contributed by atoms with Gasteiger partial charge in [-0.3, -0.25) is 0 Å². The number of hydrogen-bond donors (Lipinski definition) is 2. The van der Waals surface area contributed by atoms with E-state index in [1.165, 1.54) is 0 Å². The highest BCUT2D eigenvalue weighted by Crippen LogP contribution is 2.44. The zero-order valence-electron chi connectivity index (χ0n) is 12.8. The van der Waals surface area contributed by atoms with Crippen LogP contribution >= 0.6 is 11.6 Å². The van der Waals surface area contributed by atoms with Gasteiger partial charge in [0.2, 0.25) is 0 Å². The van der Waals surface area contributed by atoms with Crippen molar-refractivity contribution in [2.75, 3.05) is 0 Å². The first-order valence-corrected chi connectivity index (χ1v) is 8.01. The lowest BCUT2D eigenvalue weighted by atomic mass is 9.73. The van der Waals surface area contributed by atoms with E-state index in [9.17, 15) is 0 Å². The van der Waals surface area contributed by atoms with Gasteiger partial charge in [-0.2, -0.15) is 0 Å². The number of aromatic amines is 2. The zero-order chi connectivity index (χ0) is 16.4. The fourth-order valence-corrected chi connectivity index (χ4v) is 3.47. The minimum absolute atomic E-state index is 0.661. The van der Waals surface area contributed by atoms with E-state index < -0.39 is 5.41 Å². The van der Waals surface area contributed by atoms with Crippen LogP contribution in [0.5, 0.6) is 0 Å². The van der Waals surface area contributed by atoms with Crippen molar-refractivity contribution in [3.8, 4) is 0 Å². The van der Waals surface area contributed by atoms with E-state index in [1.54, 1.807) is 12.4 Å². The van der Waals surface area contributed by atoms with Gasteiger partial charge in [-0.1, -0.05) is 60.1 Å². The quantitative estimate of drug-likeness (QED) is 0.588. The van der Waals surface area contributed by atoms with Crippen molar-refractivity contribution >= 4 is 11.6 Å². The lowest BCUT2D eigenvalue weighted by Gasteiger charge is -2.32. The fourth-order valence-electron chi connectivity index (χ4n) is 3.19. The average molecular weight is 335 g/mol. The highest BCUT2D eigenvalue weighted by atomic mass is 35.5. The van der Waals surface area contributed by atoms with Crippen LogP contribution in [0.3, 0.4) is 0 Å². The number of nitrogens with one attached hydrogen (secondary N) is 2. The maximum Gasteiger partial charge on any atom is 0.137 e. The molecule has 0 aliphatic rings. The number of rotatable bonds is 4. The predicted molar refractivity (Wildman–Crippen MR) is 94.1 cm³/mol. The van der Waals surface area contributed by atoms with Crippen molar-refractivity contribution < 1.29 is 0 Å². The Morgan fingerprint density at radius 3 is 1.88 bits per heavy atom. The van der Waals surface area contributed by atoms with E-state index in [0.717, 1.165) is 22.8 Å². The van der Waals surface area contributed by atoms with E-state index >= 15 is 0 Å². The highest BCUT2D eigenvalue weighted by molar-refractivity contribution is 6.31. The van der Waals surface area contributed by atoms with Gasteiger partial charge >= 0.3 is 0 Å². The van der Waals surface area contributed by atoms with Gasteiger partial charge in [-0.05, 0) is 17.2 Å². The molecule has 0 aliphatic heterocycles. The number of benzene rings is 2. The van der Waals surface area contributed by atoms with Gasteiger partial charge in [0.15, 0.2) is 0 Å². The minimum atomic E-state index is -0.743. The summed E-state index contributed by atoms with van der Waals surface area (Å²) >= 11 is 6.61. The minimum Gasteiger partial charge on any atom is -0.347 e. The van der Waals surface area contributed by atoms with Gasteiger partial charge in [0, 0.05) is 29.8 Å². The van der Waals surface area contributed by atoms with Crippen LogP contribution in [0.15, 0.2) is 79.4 Å². The molecule has 0 unspecified atom stereocenters. The molecule has 2 aromatic carbocycles. The molecular weight excluding hydrogens is 320 g/mol. The van der Waals surface area contributed by atoms with Crippen LogP contribution in [0, 0.1) is 0 Å². The molecule has 0 saturated carbocycles. The average Bonchev–Trinajstić information content (AvgIpc) is 3.33. The molecule has 4 aromatic rings. The van der Waals surface area contributed by atoms with Crippen molar-refractivity contribution in [2.24, 2.45) is 0 Å². The van der Waals surface area contributed by atoms with Gasteiger partial charge in [0.25, 0.3) is 0 Å². The molecule has 118 valence electrons. The Morgan fingerprint density at radius 1 is 0.750 bits per heavy atom. The number of aromatic nitrogens is 4. The molecular formula is C19H15ClN4. The number of imidazole rings is 2. The van der Waals surface area contributed by atoms with Gasteiger partial charge in [-0.15, -0.1) is 0 Å². The Balaban J connectivity index is 2.14. The van der Waals surface area contributed by atoms with Crippen LogP contribution in [0.25, 0.3) is 0 Å². The highest BCUT2D eigenvalue weighted by Gasteiger charge is 2.44. The van der Waals surface area contributed by atoms with Crippen molar-refractivity contribution in [3.05, 3.63) is 107 Å². The van der Waals surface area contributed by atoms with Crippen molar-refractivity contribution in [2.45, 2.75) is 5.41 Å². The largest absolute Gasteiger partial charge is 0.347 e. The standard InChI is InChI=1S/C19H15ClN4/c20-16-9-5-4-8-15(16)19(17-21-10-11-22-17,18-23-12-13-24-18)14-6-2-1-3-7-14/h1-13H,(H,21,22)(H,23,24). The molecule has 4 nitrogen and oxygen atoms in total. The predicted octanol–water partition coefficient (Wildman–Crippen LogP) is 4.17. The van der Waals surface area contributed by atoms with Gasteiger partial charge < -0.3 is 9.97 Å². The molecule has 0 amide bonds. The van der Waals surface area contributed by atoms with Crippen molar-refractivity contribution in [3.63, 3.8) is 0 Å². The normalized spacial score (nSPS) is 11.5. The van der Waals surface area contributed by atoms with E-state index in [4.69, 9.17) is 11.6 Å². The third kappa shape index (κ3) is 2.15. The zero-order valence-corrected chi connectivity index (χ0v) is 13.5. The summed E-state index contributed by atoms with van der Waals surface area (Å²) in [6.07, 6.45) is 7.11. The lowest BCUT2D eigenvalue weighted by Crippen LogP contribution is -2.34. The molecule has 5 heteroatoms. The summed E-state index contributed by atoms with van der Waals surface area (Å²) in [6.45, 7) is 0. The molecule has 24 heavy (non-hydrogen) atoms. The molecule has 0 fully saturated rings. The van der Waals surface area contributed by atoms with Crippen LogP contribution < -0.4 is 0 Å². The van der Waals surface area contributed by atoms with Crippen LogP contribution in [0.1, 0.15) is 22.8 Å². The second kappa shape index (κ2) is 5.98. The molecule has 0 bridgehead atoms. The molecule has 0 aliphatic carbocycles. The number of halogens is 1. The summed E-state index contributed by atoms with van der Waals surface area (Å²) in [6, 6.07) is 17.9. The number of nitrogens with zero attached hydrogens (tertiary/aromatic N) is 2. The van der Waals surface area contributed by atoms with E-state index in [0.29, 0.717) is 5.02 Å². The summed E-state index contributed by atoms with van der Waals surface area (Å²) < 4.78 is 0. The maximum atomic E-state index is 6.61. The summed E-state index contributed by atoms with van der Waals surface area (Å²) in [5.41, 5.74) is 1.21. The third-order valence-corrected chi connectivity index (χ3v) is 4.52. The molecule has 0 atom stereocenters. The Kier molecular flexibility index (Phi) is 3.67. The number of H-pyrrole nitrogens is 2. The van der Waals surface area contributed by atoms with Gasteiger partial charge in [0.05, 0.1) is 0 Å². The smallest absolute Gasteiger partial charge is 0.137 e. The Bertz CT molecular complexity index is 881. The molecule has 2 aromatic heterocycles. The molecule has 2 heterocycles. The first kappa shape index (κ1) is 14.7. The molecule has 0 saturated heterocycles. The van der Waals surface area contributed by atoms with Crippen LogP contribution in [0.4, 0.5) is 0 Å². The van der Waals surface area contributed by atoms with Crippen LogP contribution in [-0.2, 0) is 5.41 Å². The summed E-state index contributed by atoms with van der Waals surface area (Å²) in [5, 5.41) is 0.661. The molecule has 0 radical (unpaired) electrons. The Hall–Kier alpha value is -2.85. The third-order valence-electron chi connectivity index (χ3n) is 4.19. The lowest BCUT2D eigenvalue weighted by molar-refractivity contribution is 0.649. The van der Waals surface area contributed by atoms with Gasteiger partial charge in [0.1, 0.15) is 17.1 Å². The first-order chi connectivity index (χ1) is 11.8. The number of hydrogen-bond acceptors (Lipinski definition) is 2. The van der Waals surface area contributed by atoms with E-state index in [2.05, 4.69) is 32.1 Å². The Morgan fingerprint density at radius 2 is 1.33 bits per heavy atom. The van der Waals surface area contributed by atoms with Crippen LogP contribution in [-0.4, -0.2) is 19.9 Å².